The van der Waals surface area contributed by atoms with E-state index in [-0.39, 0.29) is 18.6 Å². The number of halogens is 1. The summed E-state index contributed by atoms with van der Waals surface area (Å²) in [5, 5.41) is 11.7. The molecule has 17 heavy (non-hydrogen) atoms. The van der Waals surface area contributed by atoms with E-state index < -0.39 is 0 Å². The molecule has 0 aliphatic carbocycles. The predicted molar refractivity (Wildman–Crippen MR) is 69.5 cm³/mol. The van der Waals surface area contributed by atoms with E-state index in [1.165, 1.54) is 0 Å². The number of carbonyl (C=O) groups is 1. The quantitative estimate of drug-likeness (QED) is 0.789. The number of hydrogen-bond acceptors (Lipinski definition) is 3. The Hall–Kier alpha value is -1.07. The average Bonchev–Trinajstić information content (AvgIpc) is 2.37. The van der Waals surface area contributed by atoms with Crippen LogP contribution in [0.15, 0.2) is 24.3 Å². The number of rotatable bonds is 6. The Labute approximate surface area is 109 Å². The highest BCUT2D eigenvalue weighted by Crippen LogP contribution is 2.12. The average molecular weight is 302 g/mol. The predicted octanol–water partition coefficient (Wildman–Crippen LogP) is 1.92. The first-order valence-corrected chi connectivity index (χ1v) is 6.54. The van der Waals surface area contributed by atoms with Gasteiger partial charge in [-0.2, -0.15) is 0 Å². The van der Waals surface area contributed by atoms with Crippen molar-refractivity contribution in [3.8, 4) is 5.75 Å². The summed E-state index contributed by atoms with van der Waals surface area (Å²) in [6.07, 6.45) is 0.701. The van der Waals surface area contributed by atoms with Crippen LogP contribution in [0, 0.1) is 0 Å². The topological polar surface area (TPSA) is 58.6 Å². The van der Waals surface area contributed by atoms with Crippen molar-refractivity contribution in [3.05, 3.63) is 29.8 Å². The number of carbonyl (C=O) groups excluding carboxylic acids is 1. The van der Waals surface area contributed by atoms with Gasteiger partial charge in [-0.1, -0.05) is 6.92 Å². The Morgan fingerprint density at radius 2 is 2.12 bits per heavy atom. The van der Waals surface area contributed by atoms with Gasteiger partial charge < -0.3 is 15.2 Å². The van der Waals surface area contributed by atoms with Crippen molar-refractivity contribution < 1.29 is 14.6 Å². The van der Waals surface area contributed by atoms with E-state index in [2.05, 4.69) is 21.2 Å². The van der Waals surface area contributed by atoms with Crippen molar-refractivity contribution in [1.82, 2.24) is 5.32 Å². The Bertz CT molecular complexity index is 349. The third-order valence-electron chi connectivity index (χ3n) is 2.39. The molecule has 1 rings (SSSR count). The van der Waals surface area contributed by atoms with Crippen LogP contribution in [0.4, 0.5) is 0 Å². The third kappa shape index (κ3) is 4.36. The molecule has 0 saturated heterocycles. The maximum absolute atomic E-state index is 11.8. The van der Waals surface area contributed by atoms with E-state index in [0.29, 0.717) is 23.2 Å². The maximum atomic E-state index is 11.8. The molecule has 0 heterocycles. The molecule has 0 aliphatic heterocycles. The number of benzene rings is 1. The van der Waals surface area contributed by atoms with Crippen LogP contribution in [-0.2, 0) is 0 Å². The minimum atomic E-state index is -0.194. The number of hydrogen-bond donors (Lipinski definition) is 2. The SMILES string of the molecule is CCC(CO)NC(=O)c1ccc(OCBr)cc1. The van der Waals surface area contributed by atoms with Gasteiger partial charge in [-0.25, -0.2) is 0 Å². The summed E-state index contributed by atoms with van der Waals surface area (Å²) < 4.78 is 5.21. The van der Waals surface area contributed by atoms with Crippen LogP contribution in [0.1, 0.15) is 23.7 Å². The van der Waals surface area contributed by atoms with Crippen molar-refractivity contribution in [2.45, 2.75) is 19.4 Å². The van der Waals surface area contributed by atoms with E-state index in [1.54, 1.807) is 24.3 Å². The van der Waals surface area contributed by atoms with Gasteiger partial charge in [0.15, 0.2) is 0 Å². The van der Waals surface area contributed by atoms with Gasteiger partial charge >= 0.3 is 0 Å². The second kappa shape index (κ2) is 7.29. The number of aliphatic hydroxyl groups excluding tert-OH is 1. The van der Waals surface area contributed by atoms with Crippen molar-refractivity contribution in [1.29, 1.82) is 0 Å². The van der Waals surface area contributed by atoms with Crippen LogP contribution in [0.25, 0.3) is 0 Å². The van der Waals surface area contributed by atoms with Gasteiger partial charge in [0.1, 0.15) is 11.3 Å². The van der Waals surface area contributed by atoms with Crippen LogP contribution >= 0.6 is 15.9 Å². The van der Waals surface area contributed by atoms with Gasteiger partial charge in [-0.05, 0) is 46.6 Å². The molecule has 0 bridgehead atoms. The lowest BCUT2D eigenvalue weighted by atomic mass is 10.1. The highest BCUT2D eigenvalue weighted by molar-refractivity contribution is 9.09. The van der Waals surface area contributed by atoms with Gasteiger partial charge in [0, 0.05) is 5.56 Å². The molecule has 1 amide bonds. The molecule has 5 heteroatoms. The minimum Gasteiger partial charge on any atom is -0.482 e. The lowest BCUT2D eigenvalue weighted by Crippen LogP contribution is -2.36. The molecule has 0 saturated carbocycles. The standard InChI is InChI=1S/C12H16BrNO3/c1-2-10(7-15)14-12(16)9-3-5-11(6-4-9)17-8-13/h3-6,10,15H,2,7-8H2,1H3,(H,14,16). The van der Waals surface area contributed by atoms with Crippen LogP contribution < -0.4 is 10.1 Å². The Morgan fingerprint density at radius 1 is 1.47 bits per heavy atom. The van der Waals surface area contributed by atoms with Gasteiger partial charge in [0.2, 0.25) is 0 Å². The third-order valence-corrected chi connectivity index (χ3v) is 2.62. The molecular weight excluding hydrogens is 286 g/mol. The van der Waals surface area contributed by atoms with E-state index in [1.807, 2.05) is 6.92 Å². The first-order chi connectivity index (χ1) is 8.21. The lowest BCUT2D eigenvalue weighted by molar-refractivity contribution is 0.0915. The molecule has 94 valence electrons. The lowest BCUT2D eigenvalue weighted by Gasteiger charge is -2.14. The Balaban J connectivity index is 2.63. The Morgan fingerprint density at radius 3 is 2.59 bits per heavy atom. The first kappa shape index (κ1) is 14.0. The minimum absolute atomic E-state index is 0.0486. The van der Waals surface area contributed by atoms with Gasteiger partial charge in [-0.3, -0.25) is 4.79 Å². The van der Waals surface area contributed by atoms with Crippen molar-refractivity contribution >= 4 is 21.8 Å². The van der Waals surface area contributed by atoms with Gasteiger partial charge in [0.25, 0.3) is 5.91 Å². The monoisotopic (exact) mass is 301 g/mol. The van der Waals surface area contributed by atoms with Gasteiger partial charge in [-0.15, -0.1) is 0 Å². The molecule has 0 spiro atoms. The molecular formula is C12H16BrNO3. The molecule has 0 aliphatic rings. The van der Waals surface area contributed by atoms with E-state index in [4.69, 9.17) is 9.84 Å². The second-order valence-electron chi connectivity index (χ2n) is 3.54. The van der Waals surface area contributed by atoms with Crippen LogP contribution in [0.5, 0.6) is 5.75 Å². The maximum Gasteiger partial charge on any atom is 0.251 e. The molecule has 1 atom stereocenters. The highest BCUT2D eigenvalue weighted by atomic mass is 79.9. The zero-order valence-corrected chi connectivity index (χ0v) is 11.2. The summed E-state index contributed by atoms with van der Waals surface area (Å²) in [5.74, 6) is 0.518. The highest BCUT2D eigenvalue weighted by Gasteiger charge is 2.10. The van der Waals surface area contributed by atoms with E-state index in [9.17, 15) is 4.79 Å². The van der Waals surface area contributed by atoms with Crippen molar-refractivity contribution in [2.24, 2.45) is 0 Å². The number of amides is 1. The van der Waals surface area contributed by atoms with E-state index >= 15 is 0 Å². The van der Waals surface area contributed by atoms with Crippen LogP contribution in [-0.4, -0.2) is 29.2 Å². The number of alkyl halides is 1. The summed E-state index contributed by atoms with van der Waals surface area (Å²) in [6, 6.07) is 6.65. The zero-order chi connectivity index (χ0) is 12.7. The molecule has 1 unspecified atom stereocenters. The van der Waals surface area contributed by atoms with Crippen LogP contribution in [0.3, 0.4) is 0 Å². The summed E-state index contributed by atoms with van der Waals surface area (Å²) >= 11 is 3.16. The molecule has 1 aromatic rings. The summed E-state index contributed by atoms with van der Waals surface area (Å²) in [7, 11) is 0. The molecule has 0 aromatic heterocycles. The van der Waals surface area contributed by atoms with Crippen LogP contribution in [0.2, 0.25) is 0 Å². The fourth-order valence-corrected chi connectivity index (χ4v) is 1.58. The van der Waals surface area contributed by atoms with Crippen molar-refractivity contribution in [2.75, 3.05) is 12.1 Å². The van der Waals surface area contributed by atoms with E-state index in [0.717, 1.165) is 0 Å². The first-order valence-electron chi connectivity index (χ1n) is 5.41. The fourth-order valence-electron chi connectivity index (χ4n) is 1.31. The number of ether oxygens (including phenoxy) is 1. The second-order valence-corrected chi connectivity index (χ2v) is 4.00. The molecule has 1 aromatic carbocycles. The molecule has 2 N–H and O–H groups in total. The molecule has 4 nitrogen and oxygen atoms in total. The molecule has 0 radical (unpaired) electrons. The summed E-state index contributed by atoms with van der Waals surface area (Å²) in [4.78, 5) is 11.8. The fraction of sp³-hybridized carbons (Fsp3) is 0.417. The Kier molecular flexibility index (Phi) is 6.00. The number of nitrogens with one attached hydrogen (secondary N) is 1. The smallest absolute Gasteiger partial charge is 0.251 e. The zero-order valence-electron chi connectivity index (χ0n) is 9.65. The number of aliphatic hydroxyl groups is 1. The normalized spacial score (nSPS) is 11.9. The van der Waals surface area contributed by atoms with Crippen molar-refractivity contribution in [3.63, 3.8) is 0 Å². The summed E-state index contributed by atoms with van der Waals surface area (Å²) in [6.45, 7) is 1.86. The van der Waals surface area contributed by atoms with Gasteiger partial charge in [0.05, 0.1) is 12.6 Å². The largest absolute Gasteiger partial charge is 0.482 e. The summed E-state index contributed by atoms with van der Waals surface area (Å²) in [5.41, 5.74) is 0.972. The molecule has 0 fully saturated rings.